The molecule has 9 nitrogen and oxygen atoms in total. The number of carbonyl (C=O) groups excluding carboxylic acids is 2. The van der Waals surface area contributed by atoms with Crippen molar-refractivity contribution in [2.75, 3.05) is 47.5 Å². The summed E-state index contributed by atoms with van der Waals surface area (Å²) in [6.45, 7) is 4.73. The van der Waals surface area contributed by atoms with Crippen molar-refractivity contribution in [3.63, 3.8) is 0 Å². The van der Waals surface area contributed by atoms with Gasteiger partial charge in [-0.05, 0) is 77.0 Å². The molecular formula is C69H120NO8+. The molecule has 0 aliphatic heterocycles. The minimum Gasteiger partial charge on any atom is -0.477 e. The van der Waals surface area contributed by atoms with Crippen LogP contribution in [-0.4, -0.2) is 87.4 Å². The Kier molecular flexibility index (Phi) is 56.5. The molecule has 0 amide bonds. The molecule has 2 unspecified atom stereocenters. The number of rotatable bonds is 58. The summed E-state index contributed by atoms with van der Waals surface area (Å²) in [6, 6.07) is 0. The van der Waals surface area contributed by atoms with Gasteiger partial charge in [0, 0.05) is 12.8 Å². The first kappa shape index (κ1) is 74.2. The smallest absolute Gasteiger partial charge is 0.361 e. The van der Waals surface area contributed by atoms with Gasteiger partial charge in [-0.25, -0.2) is 4.79 Å². The number of aliphatic carboxylic acids is 1. The standard InChI is InChI=1S/C69H119NO8/c1-6-8-10-12-14-16-18-20-22-24-26-28-30-32-34-36-38-40-42-44-46-48-50-52-54-56-58-60-67(72)78-65(64-77-69(68(73)74)75-62-61-70(3,4)5)63-76-66(71)59-57-55-53-51-49-47-45-43-41-39-37-35-33-31-29-27-25-23-21-19-17-15-13-11-9-7-2/h8,10,14,16,20,22,26,28,32,34,38,40,44,46,50,52,65,69H,6-7,9,11-13,15,17-19,21,23-25,27,29-31,33,35-37,39,41-43,45,47-49,51,53-64H2,1-5H3/p+1/b10-8-,16-14-,22-20-,28-26-,34-32-,40-38-,46-44-,52-50-. The lowest BCUT2D eigenvalue weighted by Crippen LogP contribution is -2.40. The fourth-order valence-electron chi connectivity index (χ4n) is 8.74. The Morgan fingerprint density at radius 1 is 0.397 bits per heavy atom. The van der Waals surface area contributed by atoms with E-state index in [1.54, 1.807) is 0 Å². The van der Waals surface area contributed by atoms with Crippen LogP contribution in [0.3, 0.4) is 0 Å². The molecule has 9 heteroatoms. The molecule has 0 radical (unpaired) electrons. The van der Waals surface area contributed by atoms with E-state index in [-0.39, 0.29) is 32.2 Å². The predicted octanol–water partition coefficient (Wildman–Crippen LogP) is 19.3. The van der Waals surface area contributed by atoms with E-state index in [2.05, 4.69) is 111 Å². The van der Waals surface area contributed by atoms with Crippen LogP contribution in [0.5, 0.6) is 0 Å². The molecule has 448 valence electrons. The second-order valence-electron chi connectivity index (χ2n) is 22.3. The summed E-state index contributed by atoms with van der Waals surface area (Å²) in [4.78, 5) is 37.5. The monoisotopic (exact) mass is 1090 g/mol. The van der Waals surface area contributed by atoms with Gasteiger partial charge in [0.15, 0.2) is 6.10 Å². The van der Waals surface area contributed by atoms with Crippen LogP contribution in [0.25, 0.3) is 0 Å². The summed E-state index contributed by atoms with van der Waals surface area (Å²) in [6.07, 6.45) is 77.9. The fraction of sp³-hybridized carbons (Fsp3) is 0.725. The van der Waals surface area contributed by atoms with Gasteiger partial charge in [0.05, 0.1) is 34.4 Å². The Morgan fingerprint density at radius 3 is 1.09 bits per heavy atom. The van der Waals surface area contributed by atoms with Crippen LogP contribution in [0.1, 0.15) is 264 Å². The van der Waals surface area contributed by atoms with E-state index < -0.39 is 24.3 Å². The van der Waals surface area contributed by atoms with Gasteiger partial charge in [0.1, 0.15) is 13.2 Å². The Hall–Kier alpha value is -3.79. The number of esters is 2. The summed E-state index contributed by atoms with van der Waals surface area (Å²) in [5.41, 5.74) is 0. The van der Waals surface area contributed by atoms with E-state index in [4.69, 9.17) is 18.9 Å². The number of nitrogens with zero attached hydrogens (tertiary/aromatic N) is 1. The minimum absolute atomic E-state index is 0.175. The van der Waals surface area contributed by atoms with Gasteiger partial charge in [-0.3, -0.25) is 9.59 Å². The van der Waals surface area contributed by atoms with E-state index in [0.717, 1.165) is 83.5 Å². The van der Waals surface area contributed by atoms with E-state index in [9.17, 15) is 19.5 Å². The lowest BCUT2D eigenvalue weighted by molar-refractivity contribution is -0.870. The zero-order valence-corrected chi connectivity index (χ0v) is 51.1. The van der Waals surface area contributed by atoms with Gasteiger partial charge in [-0.2, -0.15) is 0 Å². The Morgan fingerprint density at radius 2 is 0.731 bits per heavy atom. The summed E-state index contributed by atoms with van der Waals surface area (Å²) in [5.74, 6) is -2.06. The maximum Gasteiger partial charge on any atom is 0.361 e. The SMILES string of the molecule is CC/C=C\C/C=C\C/C=C\C/C=C\C/C=C\C/C=C\C/C=C\C/C=C\CCCCC(=O)OC(COC(=O)CCCCCCCCCCCCCCCCCCCCCCCCCCCC)COC(OCC[N+](C)(C)C)C(=O)O. The average molecular weight is 1090 g/mol. The molecule has 0 saturated heterocycles. The molecular weight excluding hydrogens is 971 g/mol. The van der Waals surface area contributed by atoms with Gasteiger partial charge in [-0.15, -0.1) is 0 Å². The largest absolute Gasteiger partial charge is 0.477 e. The highest BCUT2D eigenvalue weighted by molar-refractivity contribution is 5.71. The summed E-state index contributed by atoms with van der Waals surface area (Å²) in [5, 5.41) is 9.72. The first-order chi connectivity index (χ1) is 38.1. The van der Waals surface area contributed by atoms with Crippen molar-refractivity contribution in [1.82, 2.24) is 0 Å². The molecule has 0 aromatic rings. The number of quaternary nitrogens is 1. The molecule has 0 spiro atoms. The van der Waals surface area contributed by atoms with Crippen molar-refractivity contribution < 1.29 is 42.9 Å². The third-order valence-electron chi connectivity index (χ3n) is 13.6. The number of carbonyl (C=O) groups is 3. The molecule has 0 aliphatic carbocycles. The van der Waals surface area contributed by atoms with E-state index >= 15 is 0 Å². The van der Waals surface area contributed by atoms with Crippen molar-refractivity contribution in [3.8, 4) is 0 Å². The summed E-state index contributed by atoms with van der Waals surface area (Å²) < 4.78 is 22.9. The van der Waals surface area contributed by atoms with E-state index in [0.29, 0.717) is 23.9 Å². The number of unbranched alkanes of at least 4 members (excludes halogenated alkanes) is 27. The van der Waals surface area contributed by atoms with Crippen LogP contribution in [0, 0.1) is 0 Å². The lowest BCUT2D eigenvalue weighted by atomic mass is 10.0. The zero-order chi connectivity index (χ0) is 56.9. The topological polar surface area (TPSA) is 108 Å². The average Bonchev–Trinajstić information content (AvgIpc) is 3.41. The van der Waals surface area contributed by atoms with Gasteiger partial charge in [-0.1, -0.05) is 272 Å². The number of hydrogen-bond acceptors (Lipinski definition) is 7. The zero-order valence-electron chi connectivity index (χ0n) is 51.1. The summed E-state index contributed by atoms with van der Waals surface area (Å²) >= 11 is 0. The quantitative estimate of drug-likeness (QED) is 0.0211. The Labute approximate surface area is 480 Å². The number of carboxylic acid groups (broad SMARTS) is 1. The molecule has 0 bridgehead atoms. The molecule has 1 N–H and O–H groups in total. The van der Waals surface area contributed by atoms with Gasteiger partial charge >= 0.3 is 17.9 Å². The maximum absolute atomic E-state index is 12.9. The summed E-state index contributed by atoms with van der Waals surface area (Å²) in [7, 11) is 5.95. The van der Waals surface area contributed by atoms with Gasteiger partial charge in [0.25, 0.3) is 6.29 Å². The molecule has 2 atom stereocenters. The normalized spacial score (nSPS) is 13.4. The number of likely N-dealkylation sites (N-methyl/N-ethyl adjacent to an activating group) is 1. The van der Waals surface area contributed by atoms with Crippen molar-refractivity contribution in [2.45, 2.75) is 277 Å². The predicted molar refractivity (Wildman–Crippen MR) is 332 cm³/mol. The van der Waals surface area contributed by atoms with Gasteiger partial charge in [0.2, 0.25) is 0 Å². The molecule has 0 heterocycles. The van der Waals surface area contributed by atoms with E-state index in [1.165, 1.54) is 148 Å². The van der Waals surface area contributed by atoms with Crippen LogP contribution in [-0.2, 0) is 33.3 Å². The van der Waals surface area contributed by atoms with Gasteiger partial charge < -0.3 is 28.5 Å². The van der Waals surface area contributed by atoms with Crippen LogP contribution in [0.4, 0.5) is 0 Å². The third kappa shape index (κ3) is 59.9. The molecule has 0 aromatic heterocycles. The first-order valence-electron chi connectivity index (χ1n) is 31.9. The van der Waals surface area contributed by atoms with Crippen molar-refractivity contribution in [2.24, 2.45) is 0 Å². The Balaban J connectivity index is 4.28. The molecule has 0 aliphatic rings. The molecule has 0 rings (SSSR count). The lowest BCUT2D eigenvalue weighted by Gasteiger charge is -2.25. The second-order valence-corrected chi connectivity index (χ2v) is 22.3. The maximum atomic E-state index is 12.9. The van der Waals surface area contributed by atoms with Crippen molar-refractivity contribution in [3.05, 3.63) is 97.2 Å². The number of allylic oxidation sites excluding steroid dienone is 16. The fourth-order valence-corrected chi connectivity index (χ4v) is 8.74. The number of ether oxygens (including phenoxy) is 4. The number of carboxylic acids is 1. The molecule has 78 heavy (non-hydrogen) atoms. The minimum atomic E-state index is -1.53. The van der Waals surface area contributed by atoms with Crippen LogP contribution in [0.15, 0.2) is 97.2 Å². The molecule has 0 saturated carbocycles. The molecule has 0 aromatic carbocycles. The Bertz CT molecular complexity index is 1600. The van der Waals surface area contributed by atoms with Crippen molar-refractivity contribution in [1.29, 1.82) is 0 Å². The highest BCUT2D eigenvalue weighted by Crippen LogP contribution is 2.17. The van der Waals surface area contributed by atoms with Crippen LogP contribution >= 0.6 is 0 Å². The van der Waals surface area contributed by atoms with Crippen LogP contribution in [0.2, 0.25) is 0 Å². The second kappa shape index (κ2) is 59.3. The van der Waals surface area contributed by atoms with Crippen LogP contribution < -0.4 is 0 Å². The van der Waals surface area contributed by atoms with E-state index in [1.807, 2.05) is 21.1 Å². The number of hydrogen-bond donors (Lipinski definition) is 1. The first-order valence-corrected chi connectivity index (χ1v) is 31.9. The van der Waals surface area contributed by atoms with Crippen molar-refractivity contribution >= 4 is 17.9 Å². The highest BCUT2D eigenvalue weighted by Gasteiger charge is 2.25. The highest BCUT2D eigenvalue weighted by atomic mass is 16.7. The third-order valence-corrected chi connectivity index (χ3v) is 13.6. The molecule has 0 fully saturated rings.